The van der Waals surface area contributed by atoms with Gasteiger partial charge in [-0.2, -0.15) is 0 Å². The van der Waals surface area contributed by atoms with Crippen molar-refractivity contribution in [3.63, 3.8) is 0 Å². The Bertz CT molecular complexity index is 579. The van der Waals surface area contributed by atoms with Gasteiger partial charge in [0.15, 0.2) is 0 Å². The Morgan fingerprint density at radius 2 is 2.22 bits per heavy atom. The molecule has 0 atom stereocenters. The highest BCUT2D eigenvalue weighted by Gasteiger charge is 2.13. The third-order valence-corrected chi connectivity index (χ3v) is 3.16. The fourth-order valence-electron chi connectivity index (χ4n) is 1.51. The molecule has 0 bridgehead atoms. The smallest absolute Gasteiger partial charge is 0.374 e. The number of benzene rings is 1. The first-order valence-electron chi connectivity index (χ1n) is 5.08. The van der Waals surface area contributed by atoms with Crippen LogP contribution >= 0.6 is 11.8 Å². The maximum Gasteiger partial charge on any atom is 0.374 e. The molecule has 0 amide bonds. The van der Waals surface area contributed by atoms with E-state index in [1.165, 1.54) is 6.07 Å². The van der Waals surface area contributed by atoms with Crippen LogP contribution in [-0.4, -0.2) is 29.6 Å². The molecule has 0 spiro atoms. The average molecular weight is 265 g/mol. The highest BCUT2D eigenvalue weighted by Crippen LogP contribution is 2.32. The molecule has 0 saturated carbocycles. The van der Waals surface area contributed by atoms with Gasteiger partial charge in [-0.25, -0.2) is 4.79 Å². The Morgan fingerprint density at radius 3 is 2.78 bits per heavy atom. The van der Waals surface area contributed by atoms with E-state index < -0.39 is 5.97 Å². The molecule has 2 aromatic rings. The van der Waals surface area contributed by atoms with Crippen LogP contribution < -0.4 is 4.74 Å². The summed E-state index contributed by atoms with van der Waals surface area (Å²) in [6.45, 7) is 0. The summed E-state index contributed by atoms with van der Waals surface area (Å²) < 4.78 is 9.93. The summed E-state index contributed by atoms with van der Waals surface area (Å²) in [4.78, 5) is 11.7. The zero-order valence-electron chi connectivity index (χ0n) is 9.84. The number of hydrogen-bond acceptors (Lipinski definition) is 5. The van der Waals surface area contributed by atoms with Gasteiger partial charge < -0.3 is 14.4 Å². The largest absolute Gasteiger partial charge is 0.496 e. The number of ether oxygens (including phenoxy) is 1. The molecular formula is C12H11NO4S. The summed E-state index contributed by atoms with van der Waals surface area (Å²) >= 11 is 1.54. The molecule has 6 heteroatoms. The van der Waals surface area contributed by atoms with Crippen molar-refractivity contribution in [3.05, 3.63) is 30.0 Å². The first-order valence-corrected chi connectivity index (χ1v) is 6.30. The quantitative estimate of drug-likeness (QED) is 0.857. The molecule has 0 saturated heterocycles. The van der Waals surface area contributed by atoms with E-state index >= 15 is 0 Å². The summed E-state index contributed by atoms with van der Waals surface area (Å²) in [6, 6.07) is 6.90. The van der Waals surface area contributed by atoms with Crippen molar-refractivity contribution in [1.29, 1.82) is 0 Å². The third kappa shape index (κ3) is 2.33. The van der Waals surface area contributed by atoms with Crippen molar-refractivity contribution in [3.8, 4) is 17.0 Å². The van der Waals surface area contributed by atoms with Crippen molar-refractivity contribution < 1.29 is 19.2 Å². The topological polar surface area (TPSA) is 72.6 Å². The first-order chi connectivity index (χ1) is 8.65. The van der Waals surface area contributed by atoms with E-state index in [1.54, 1.807) is 18.9 Å². The van der Waals surface area contributed by atoms with Crippen LogP contribution in [0, 0.1) is 0 Å². The minimum atomic E-state index is -1.13. The number of carboxylic acid groups (broad SMARTS) is 1. The van der Waals surface area contributed by atoms with Gasteiger partial charge in [-0.3, -0.25) is 0 Å². The molecule has 0 aliphatic heterocycles. The molecule has 1 heterocycles. The summed E-state index contributed by atoms with van der Waals surface area (Å²) in [5.41, 5.74) is 1.28. The van der Waals surface area contributed by atoms with Crippen molar-refractivity contribution in [2.24, 2.45) is 0 Å². The summed E-state index contributed by atoms with van der Waals surface area (Å²) in [5.74, 6) is -0.535. The van der Waals surface area contributed by atoms with Crippen molar-refractivity contribution >= 4 is 17.7 Å². The summed E-state index contributed by atoms with van der Waals surface area (Å²) in [6.07, 6.45) is 1.94. The maximum absolute atomic E-state index is 10.7. The number of thioether (sulfide) groups is 1. The number of aromatic nitrogens is 1. The molecule has 1 aromatic heterocycles. The molecule has 5 nitrogen and oxygen atoms in total. The average Bonchev–Trinajstić information content (AvgIpc) is 2.87. The lowest BCUT2D eigenvalue weighted by molar-refractivity contribution is 0.0652. The van der Waals surface area contributed by atoms with Gasteiger partial charge in [0.25, 0.3) is 0 Å². The van der Waals surface area contributed by atoms with E-state index in [9.17, 15) is 4.79 Å². The number of methoxy groups -OCH3 is 1. The Kier molecular flexibility index (Phi) is 3.57. The Morgan fingerprint density at radius 1 is 1.44 bits per heavy atom. The maximum atomic E-state index is 10.7. The van der Waals surface area contributed by atoms with E-state index in [2.05, 4.69) is 5.16 Å². The van der Waals surface area contributed by atoms with E-state index in [-0.39, 0.29) is 5.76 Å². The zero-order valence-corrected chi connectivity index (χ0v) is 10.7. The van der Waals surface area contributed by atoms with Crippen LogP contribution in [0.15, 0.2) is 33.7 Å². The van der Waals surface area contributed by atoms with E-state index in [0.29, 0.717) is 5.69 Å². The van der Waals surface area contributed by atoms with E-state index in [4.69, 9.17) is 14.4 Å². The predicted octanol–water partition coefficient (Wildman–Crippen LogP) is 2.77. The van der Waals surface area contributed by atoms with Crippen molar-refractivity contribution in [2.75, 3.05) is 13.4 Å². The molecule has 0 aliphatic rings. The van der Waals surface area contributed by atoms with Gasteiger partial charge in [0.1, 0.15) is 11.4 Å². The van der Waals surface area contributed by atoms with Gasteiger partial charge >= 0.3 is 5.97 Å². The predicted molar refractivity (Wildman–Crippen MR) is 67.2 cm³/mol. The normalized spacial score (nSPS) is 10.3. The third-order valence-electron chi connectivity index (χ3n) is 2.40. The number of carbonyl (C=O) groups is 1. The van der Waals surface area contributed by atoms with Gasteiger partial charge in [-0.15, -0.1) is 11.8 Å². The lowest BCUT2D eigenvalue weighted by atomic mass is 10.1. The number of carboxylic acids is 1. The van der Waals surface area contributed by atoms with E-state index in [0.717, 1.165) is 16.2 Å². The molecular weight excluding hydrogens is 254 g/mol. The Balaban J connectivity index is 2.41. The van der Waals surface area contributed by atoms with Gasteiger partial charge in [0.2, 0.25) is 5.76 Å². The molecule has 0 radical (unpaired) electrons. The second-order valence-corrected chi connectivity index (χ2v) is 4.30. The standard InChI is InChI=1S/C12H11NO4S/c1-16-9-4-3-7(5-11(9)18-2)8-6-10(12(14)15)17-13-8/h3-6H,1-2H3,(H,14,15). The minimum absolute atomic E-state index is 0.175. The zero-order chi connectivity index (χ0) is 13.1. The lowest BCUT2D eigenvalue weighted by Crippen LogP contribution is -1.91. The fourth-order valence-corrected chi connectivity index (χ4v) is 2.10. The van der Waals surface area contributed by atoms with Crippen LogP contribution in [0.2, 0.25) is 0 Å². The molecule has 18 heavy (non-hydrogen) atoms. The number of nitrogens with zero attached hydrogens (tertiary/aromatic N) is 1. The Hall–Kier alpha value is -1.95. The molecule has 2 rings (SSSR count). The summed E-state index contributed by atoms with van der Waals surface area (Å²) in [7, 11) is 1.60. The molecule has 0 unspecified atom stereocenters. The highest BCUT2D eigenvalue weighted by atomic mass is 32.2. The van der Waals surface area contributed by atoms with Crippen LogP contribution in [-0.2, 0) is 0 Å². The van der Waals surface area contributed by atoms with Crippen molar-refractivity contribution in [2.45, 2.75) is 4.90 Å². The number of aromatic carboxylic acids is 1. The van der Waals surface area contributed by atoms with Crippen LogP contribution in [0.1, 0.15) is 10.6 Å². The van der Waals surface area contributed by atoms with Gasteiger partial charge in [-0.1, -0.05) is 5.16 Å². The first kappa shape index (κ1) is 12.5. The second kappa shape index (κ2) is 5.14. The molecule has 1 N–H and O–H groups in total. The Labute approximate surface area is 108 Å². The van der Waals surface area contributed by atoms with E-state index in [1.807, 2.05) is 24.5 Å². The minimum Gasteiger partial charge on any atom is -0.496 e. The SMILES string of the molecule is COc1ccc(-c2cc(C(=O)O)on2)cc1SC. The van der Waals surface area contributed by atoms with Crippen molar-refractivity contribution in [1.82, 2.24) is 5.16 Å². The summed E-state index contributed by atoms with van der Waals surface area (Å²) in [5, 5.41) is 12.5. The molecule has 1 aromatic carbocycles. The molecule has 0 fully saturated rings. The number of rotatable bonds is 4. The monoisotopic (exact) mass is 265 g/mol. The van der Waals surface area contributed by atoms with Gasteiger partial charge in [0.05, 0.1) is 7.11 Å². The van der Waals surface area contributed by atoms with Crippen LogP contribution in [0.4, 0.5) is 0 Å². The van der Waals surface area contributed by atoms with Crippen LogP contribution in [0.5, 0.6) is 5.75 Å². The lowest BCUT2D eigenvalue weighted by Gasteiger charge is -2.06. The fraction of sp³-hybridized carbons (Fsp3) is 0.167. The highest BCUT2D eigenvalue weighted by molar-refractivity contribution is 7.98. The molecule has 94 valence electrons. The van der Waals surface area contributed by atoms with Gasteiger partial charge in [-0.05, 0) is 24.5 Å². The van der Waals surface area contributed by atoms with Gasteiger partial charge in [0, 0.05) is 16.5 Å². The second-order valence-electron chi connectivity index (χ2n) is 3.45. The molecule has 0 aliphatic carbocycles. The number of hydrogen-bond donors (Lipinski definition) is 1. The van der Waals surface area contributed by atoms with Crippen LogP contribution in [0.25, 0.3) is 11.3 Å². The van der Waals surface area contributed by atoms with Crippen LogP contribution in [0.3, 0.4) is 0 Å².